The van der Waals surface area contributed by atoms with Crippen LogP contribution in [0.2, 0.25) is 0 Å². The Morgan fingerprint density at radius 3 is 2.40 bits per heavy atom. The zero-order valence-electron chi connectivity index (χ0n) is 25.4. The van der Waals surface area contributed by atoms with Crippen LogP contribution >= 0.6 is 21.6 Å². The fourth-order valence-corrected chi connectivity index (χ4v) is 6.85. The molecule has 3 rings (SSSR count). The van der Waals surface area contributed by atoms with Crippen LogP contribution in [0.5, 0.6) is 0 Å². The lowest BCUT2D eigenvalue weighted by molar-refractivity contribution is -0.144. The molecule has 0 radical (unpaired) electrons. The third kappa shape index (κ3) is 13.0. The standard InChI is InChI=1S/C15H27NO4S2.C14H17N3O2.H2O.H2/c1-5-11-21-22-13(12(2)16(3)4)9-10-20-15(19)8-6-7-14(17)18;1-17(11-5-3-2-4-6-11)14(18)10-7-8-12-13(9-10)16-19-15-12;;/h5-11H2,1-4H3,(H,17,18);7-9,11H,2-6H2,1H3;1H2;1H/b13-12-;;;. The second-order valence-corrected chi connectivity index (χ2v) is 12.7. The molecule has 2 aromatic rings. The first kappa shape index (κ1) is 37.3. The highest BCUT2D eigenvalue weighted by Crippen LogP contribution is 2.35. The highest BCUT2D eigenvalue weighted by Gasteiger charge is 2.23. The SMILES string of the molecule is CCCSS/C(CCOC(=O)CCCC(=O)O)=C(/C)N(C)C.CN(C(=O)c1ccc2nonc2c1)C1CCCCC1.O.[HH]. The molecular weight excluding hydrogens is 580 g/mol. The average Bonchev–Trinajstić information content (AvgIpc) is 3.44. The van der Waals surface area contributed by atoms with Gasteiger partial charge in [-0.05, 0) is 61.1 Å². The number of aromatic nitrogens is 2. The number of fused-ring (bicyclic) bond motifs is 1. The van der Waals surface area contributed by atoms with Crippen LogP contribution in [0.4, 0.5) is 0 Å². The van der Waals surface area contributed by atoms with Crippen molar-refractivity contribution in [3.8, 4) is 0 Å². The van der Waals surface area contributed by atoms with Crippen LogP contribution in [-0.2, 0) is 14.3 Å². The topological polar surface area (TPSA) is 158 Å². The summed E-state index contributed by atoms with van der Waals surface area (Å²) >= 11 is 0. The van der Waals surface area contributed by atoms with Gasteiger partial charge in [-0.25, -0.2) is 4.63 Å². The summed E-state index contributed by atoms with van der Waals surface area (Å²) in [5.74, 6) is -0.0702. The molecule has 1 aliphatic rings. The molecule has 1 aromatic heterocycles. The van der Waals surface area contributed by atoms with Gasteiger partial charge in [0.05, 0.1) is 6.61 Å². The highest BCUT2D eigenvalue weighted by atomic mass is 33.1. The van der Waals surface area contributed by atoms with Gasteiger partial charge in [-0.2, -0.15) is 0 Å². The number of allylic oxidation sites excluding steroid dienone is 1. The second-order valence-electron chi connectivity index (χ2n) is 10.2. The number of carboxylic acid groups (broad SMARTS) is 1. The minimum Gasteiger partial charge on any atom is -0.481 e. The van der Waals surface area contributed by atoms with E-state index in [9.17, 15) is 14.4 Å². The Labute approximate surface area is 257 Å². The zero-order valence-corrected chi connectivity index (χ0v) is 27.0. The molecule has 3 N–H and O–H groups in total. The van der Waals surface area contributed by atoms with E-state index in [0.717, 1.165) is 25.0 Å². The summed E-state index contributed by atoms with van der Waals surface area (Å²) < 4.78 is 9.83. The minimum absolute atomic E-state index is 0. The number of carbonyl (C=O) groups excluding carboxylic acids is 2. The Hall–Kier alpha value is -2.77. The molecule has 0 unspecified atom stereocenters. The third-order valence-electron chi connectivity index (χ3n) is 6.83. The van der Waals surface area contributed by atoms with Crippen LogP contribution in [0.3, 0.4) is 0 Å². The van der Waals surface area contributed by atoms with E-state index in [1.165, 1.54) is 29.9 Å². The molecule has 1 saturated carbocycles. The normalized spacial score (nSPS) is 13.7. The first-order valence-electron chi connectivity index (χ1n) is 14.2. The van der Waals surface area contributed by atoms with Gasteiger partial charge in [0, 0.05) is 69.8 Å². The molecule has 0 saturated heterocycles. The molecule has 0 aliphatic heterocycles. The van der Waals surface area contributed by atoms with Crippen molar-refractivity contribution in [1.82, 2.24) is 20.1 Å². The highest BCUT2D eigenvalue weighted by molar-refractivity contribution is 8.78. The lowest BCUT2D eigenvalue weighted by Gasteiger charge is -2.31. The predicted molar refractivity (Wildman–Crippen MR) is 170 cm³/mol. The number of aliphatic carboxylic acids is 1. The van der Waals surface area contributed by atoms with E-state index < -0.39 is 5.97 Å². The van der Waals surface area contributed by atoms with E-state index in [0.29, 0.717) is 42.1 Å². The summed E-state index contributed by atoms with van der Waals surface area (Å²) in [7, 11) is 9.44. The molecule has 1 aliphatic carbocycles. The fraction of sp³-hybridized carbons (Fsp3) is 0.621. The van der Waals surface area contributed by atoms with Gasteiger partial charge in [-0.15, -0.1) is 0 Å². The monoisotopic (exact) mass is 628 g/mol. The van der Waals surface area contributed by atoms with Crippen molar-refractivity contribution < 1.29 is 35.8 Å². The van der Waals surface area contributed by atoms with E-state index in [2.05, 4.69) is 33.7 Å². The minimum atomic E-state index is -0.885. The molecule has 0 spiro atoms. The zero-order chi connectivity index (χ0) is 30.2. The van der Waals surface area contributed by atoms with Gasteiger partial charge in [0.15, 0.2) is 0 Å². The van der Waals surface area contributed by atoms with Crippen molar-refractivity contribution in [1.29, 1.82) is 0 Å². The van der Waals surface area contributed by atoms with Gasteiger partial charge in [0.25, 0.3) is 5.91 Å². The number of rotatable bonds is 14. The molecule has 42 heavy (non-hydrogen) atoms. The number of carbonyl (C=O) groups is 3. The van der Waals surface area contributed by atoms with Crippen molar-refractivity contribution in [3.63, 3.8) is 0 Å². The van der Waals surface area contributed by atoms with Crippen molar-refractivity contribution in [2.24, 2.45) is 0 Å². The first-order chi connectivity index (χ1) is 19.6. The number of hydrogen-bond donors (Lipinski definition) is 1. The molecule has 1 heterocycles. The Bertz CT molecular complexity index is 1160. The van der Waals surface area contributed by atoms with Crippen molar-refractivity contribution in [2.45, 2.75) is 84.1 Å². The quantitative estimate of drug-likeness (QED) is 0.153. The predicted octanol–water partition coefficient (Wildman–Crippen LogP) is 5.81. The Balaban J connectivity index is 0.000000787. The van der Waals surface area contributed by atoms with Crippen molar-refractivity contribution in [2.75, 3.05) is 33.5 Å². The van der Waals surface area contributed by atoms with Crippen LogP contribution in [0, 0.1) is 0 Å². The van der Waals surface area contributed by atoms with Gasteiger partial charge >= 0.3 is 11.9 Å². The average molecular weight is 629 g/mol. The summed E-state index contributed by atoms with van der Waals surface area (Å²) in [5, 5.41) is 16.0. The van der Waals surface area contributed by atoms with Crippen LogP contribution in [-0.4, -0.2) is 88.1 Å². The molecule has 1 fully saturated rings. The molecule has 11 nitrogen and oxygen atoms in total. The first-order valence-corrected chi connectivity index (χ1v) is 16.5. The Morgan fingerprint density at radius 2 is 1.76 bits per heavy atom. The number of amides is 1. The van der Waals surface area contributed by atoms with Crippen molar-refractivity contribution >= 4 is 50.5 Å². The number of hydrogen-bond acceptors (Lipinski definition) is 10. The Morgan fingerprint density at radius 1 is 1.07 bits per heavy atom. The maximum Gasteiger partial charge on any atom is 0.305 e. The van der Waals surface area contributed by atoms with E-state index in [1.54, 1.807) is 29.0 Å². The summed E-state index contributed by atoms with van der Waals surface area (Å²) in [6.45, 7) is 4.55. The van der Waals surface area contributed by atoms with E-state index in [1.807, 2.05) is 36.8 Å². The van der Waals surface area contributed by atoms with Crippen LogP contribution in [0.1, 0.15) is 89.8 Å². The summed E-state index contributed by atoms with van der Waals surface area (Å²) in [6.07, 6.45) is 8.25. The number of carboxylic acids is 1. The maximum atomic E-state index is 12.5. The van der Waals surface area contributed by atoms with Crippen LogP contribution in [0.15, 0.2) is 33.4 Å². The van der Waals surface area contributed by atoms with Gasteiger partial charge in [-0.1, -0.05) is 47.8 Å². The summed E-state index contributed by atoms with van der Waals surface area (Å²) in [5.41, 5.74) is 3.13. The smallest absolute Gasteiger partial charge is 0.305 e. The maximum absolute atomic E-state index is 12.5. The van der Waals surface area contributed by atoms with Gasteiger partial charge < -0.3 is 25.1 Å². The summed E-state index contributed by atoms with van der Waals surface area (Å²) in [6, 6.07) is 5.67. The number of ether oxygens (including phenoxy) is 1. The molecule has 238 valence electrons. The molecule has 0 bridgehead atoms. The van der Waals surface area contributed by atoms with E-state index in [4.69, 9.17) is 9.84 Å². The van der Waals surface area contributed by atoms with Gasteiger partial charge in [0.1, 0.15) is 11.0 Å². The van der Waals surface area contributed by atoms with Crippen molar-refractivity contribution in [3.05, 3.63) is 34.4 Å². The van der Waals surface area contributed by atoms with Crippen LogP contribution in [0.25, 0.3) is 11.0 Å². The van der Waals surface area contributed by atoms with E-state index in [-0.39, 0.29) is 31.6 Å². The third-order valence-corrected chi connectivity index (χ3v) is 9.68. The van der Waals surface area contributed by atoms with E-state index >= 15 is 0 Å². The number of nitrogens with zero attached hydrogens (tertiary/aromatic N) is 4. The Kier molecular flexibility index (Phi) is 17.9. The fourth-order valence-electron chi connectivity index (χ4n) is 4.20. The lowest BCUT2D eigenvalue weighted by Crippen LogP contribution is -2.38. The number of esters is 1. The van der Waals surface area contributed by atoms with Gasteiger partial charge in [-0.3, -0.25) is 14.4 Å². The largest absolute Gasteiger partial charge is 0.481 e. The molecule has 1 amide bonds. The lowest BCUT2D eigenvalue weighted by atomic mass is 9.94. The summed E-state index contributed by atoms with van der Waals surface area (Å²) in [4.78, 5) is 39.5. The molecule has 0 atom stereocenters. The second kappa shape index (κ2) is 20.2. The van der Waals surface area contributed by atoms with Gasteiger partial charge in [0.2, 0.25) is 0 Å². The van der Waals surface area contributed by atoms with Crippen LogP contribution < -0.4 is 0 Å². The molecular formula is C29H48N4O7S2. The number of benzene rings is 1. The molecule has 1 aromatic carbocycles. The molecule has 13 heteroatoms.